The number of para-hydroxylation sites is 1. The van der Waals surface area contributed by atoms with Crippen molar-refractivity contribution in [3.63, 3.8) is 0 Å². The molecule has 0 unspecified atom stereocenters. The van der Waals surface area contributed by atoms with E-state index in [9.17, 15) is 0 Å². The van der Waals surface area contributed by atoms with Gasteiger partial charge in [-0.05, 0) is 36.8 Å². The standard InChI is InChI=1S/C20H19BrN2O2/c1-14-7-8-15(11-18(14)21)20-10-9-17(25-20)13-23-22-12-16-5-3-4-6-19(16)24-2/h3-11,13,22H,12H2,1-2H3/b23-13-. The van der Waals surface area contributed by atoms with Crippen LogP contribution in [0.5, 0.6) is 5.75 Å². The van der Waals surface area contributed by atoms with E-state index in [0.29, 0.717) is 12.3 Å². The highest BCUT2D eigenvalue weighted by molar-refractivity contribution is 9.10. The van der Waals surface area contributed by atoms with Crippen molar-refractivity contribution >= 4 is 22.1 Å². The van der Waals surface area contributed by atoms with Gasteiger partial charge in [-0.25, -0.2) is 0 Å². The monoisotopic (exact) mass is 398 g/mol. The summed E-state index contributed by atoms with van der Waals surface area (Å²) in [6.45, 7) is 2.64. The number of halogens is 1. The molecule has 0 amide bonds. The van der Waals surface area contributed by atoms with E-state index in [1.807, 2.05) is 42.5 Å². The smallest absolute Gasteiger partial charge is 0.147 e. The molecule has 1 heterocycles. The minimum absolute atomic E-state index is 0.582. The normalized spacial score (nSPS) is 11.0. The number of hydrazone groups is 1. The van der Waals surface area contributed by atoms with Crippen molar-refractivity contribution < 1.29 is 9.15 Å². The van der Waals surface area contributed by atoms with Crippen LogP contribution >= 0.6 is 15.9 Å². The van der Waals surface area contributed by atoms with Crippen LogP contribution in [0.3, 0.4) is 0 Å². The zero-order chi connectivity index (χ0) is 17.6. The second-order valence-corrected chi connectivity index (χ2v) is 6.43. The summed E-state index contributed by atoms with van der Waals surface area (Å²) < 4.78 is 12.2. The number of aryl methyl sites for hydroxylation is 1. The molecule has 3 rings (SSSR count). The highest BCUT2D eigenvalue weighted by atomic mass is 79.9. The number of nitrogens with one attached hydrogen (secondary N) is 1. The Morgan fingerprint density at radius 2 is 2.00 bits per heavy atom. The second kappa shape index (κ2) is 8.03. The van der Waals surface area contributed by atoms with E-state index in [2.05, 4.69) is 45.5 Å². The Labute approximate surface area is 155 Å². The molecule has 3 aromatic rings. The van der Waals surface area contributed by atoms with Gasteiger partial charge in [0.05, 0.1) is 19.9 Å². The molecule has 0 bridgehead atoms. The van der Waals surface area contributed by atoms with Crippen LogP contribution in [-0.2, 0) is 6.54 Å². The van der Waals surface area contributed by atoms with Crippen LogP contribution < -0.4 is 10.2 Å². The molecular formula is C20H19BrN2O2. The van der Waals surface area contributed by atoms with Crippen molar-refractivity contribution in [2.45, 2.75) is 13.5 Å². The first-order valence-electron chi connectivity index (χ1n) is 7.91. The largest absolute Gasteiger partial charge is 0.496 e. The van der Waals surface area contributed by atoms with E-state index in [1.165, 1.54) is 5.56 Å². The number of ether oxygens (including phenoxy) is 1. The molecular weight excluding hydrogens is 380 g/mol. The lowest BCUT2D eigenvalue weighted by Gasteiger charge is -2.06. The summed E-state index contributed by atoms with van der Waals surface area (Å²) in [5.41, 5.74) is 6.28. The van der Waals surface area contributed by atoms with Gasteiger partial charge in [-0.2, -0.15) is 5.10 Å². The molecule has 0 atom stereocenters. The topological polar surface area (TPSA) is 46.8 Å². The van der Waals surface area contributed by atoms with Crippen molar-refractivity contribution in [2.75, 3.05) is 7.11 Å². The third kappa shape index (κ3) is 4.31. The molecule has 25 heavy (non-hydrogen) atoms. The lowest BCUT2D eigenvalue weighted by atomic mass is 10.1. The van der Waals surface area contributed by atoms with E-state index in [4.69, 9.17) is 9.15 Å². The van der Waals surface area contributed by atoms with Crippen molar-refractivity contribution in [3.05, 3.63) is 76.0 Å². The Hall–Kier alpha value is -2.53. The summed E-state index contributed by atoms with van der Waals surface area (Å²) in [5, 5.41) is 4.22. The minimum Gasteiger partial charge on any atom is -0.496 e. The molecule has 0 radical (unpaired) electrons. The van der Waals surface area contributed by atoms with E-state index >= 15 is 0 Å². The van der Waals surface area contributed by atoms with Crippen LogP contribution in [0.15, 0.2) is 68.6 Å². The zero-order valence-electron chi connectivity index (χ0n) is 14.1. The molecule has 0 aliphatic carbocycles. The molecule has 5 heteroatoms. The van der Waals surface area contributed by atoms with Crippen LogP contribution in [0.4, 0.5) is 0 Å². The molecule has 0 fully saturated rings. The Morgan fingerprint density at radius 1 is 1.16 bits per heavy atom. The van der Waals surface area contributed by atoms with Crippen LogP contribution in [0.25, 0.3) is 11.3 Å². The summed E-state index contributed by atoms with van der Waals surface area (Å²) in [7, 11) is 1.66. The molecule has 0 spiro atoms. The lowest BCUT2D eigenvalue weighted by Crippen LogP contribution is -2.06. The van der Waals surface area contributed by atoms with Gasteiger partial charge in [0.25, 0.3) is 0 Å². The van der Waals surface area contributed by atoms with Crippen LogP contribution in [0.2, 0.25) is 0 Å². The fourth-order valence-corrected chi connectivity index (χ4v) is 2.79. The first-order valence-corrected chi connectivity index (χ1v) is 8.71. The van der Waals surface area contributed by atoms with Crippen molar-refractivity contribution in [1.29, 1.82) is 0 Å². The first-order chi connectivity index (χ1) is 12.2. The fraction of sp³-hybridized carbons (Fsp3) is 0.150. The first kappa shape index (κ1) is 17.3. The van der Waals surface area contributed by atoms with Gasteiger partial charge < -0.3 is 14.6 Å². The quantitative estimate of drug-likeness (QED) is 0.461. The summed E-state index contributed by atoms with van der Waals surface area (Å²) in [5.74, 6) is 2.35. The third-order valence-corrected chi connectivity index (χ3v) is 4.68. The molecule has 128 valence electrons. The van der Waals surface area contributed by atoms with Crippen molar-refractivity contribution in [2.24, 2.45) is 5.10 Å². The number of benzene rings is 2. The average molecular weight is 399 g/mol. The Balaban J connectivity index is 1.63. The van der Waals surface area contributed by atoms with Gasteiger partial charge in [0.15, 0.2) is 0 Å². The minimum atomic E-state index is 0.582. The van der Waals surface area contributed by atoms with Crippen LogP contribution in [-0.4, -0.2) is 13.3 Å². The van der Waals surface area contributed by atoms with Gasteiger partial charge in [0.2, 0.25) is 0 Å². The van der Waals surface area contributed by atoms with E-state index < -0.39 is 0 Å². The highest BCUT2D eigenvalue weighted by Gasteiger charge is 2.05. The van der Waals surface area contributed by atoms with E-state index in [-0.39, 0.29) is 0 Å². The third-order valence-electron chi connectivity index (χ3n) is 3.83. The Morgan fingerprint density at radius 3 is 2.80 bits per heavy atom. The summed E-state index contributed by atoms with van der Waals surface area (Å²) in [6, 6.07) is 17.8. The molecule has 0 aliphatic rings. The molecule has 0 aliphatic heterocycles. The molecule has 0 saturated carbocycles. The highest BCUT2D eigenvalue weighted by Crippen LogP contribution is 2.26. The number of rotatable bonds is 6. The van der Waals surface area contributed by atoms with E-state index in [0.717, 1.165) is 27.1 Å². The van der Waals surface area contributed by atoms with E-state index in [1.54, 1.807) is 13.3 Å². The van der Waals surface area contributed by atoms with Gasteiger partial charge in [-0.1, -0.05) is 46.3 Å². The zero-order valence-corrected chi connectivity index (χ0v) is 15.7. The van der Waals surface area contributed by atoms with Crippen LogP contribution in [0.1, 0.15) is 16.9 Å². The maximum atomic E-state index is 5.83. The van der Waals surface area contributed by atoms with Crippen molar-refractivity contribution in [1.82, 2.24) is 5.43 Å². The summed E-state index contributed by atoms with van der Waals surface area (Å²) >= 11 is 3.55. The number of furan rings is 1. The summed E-state index contributed by atoms with van der Waals surface area (Å²) in [6.07, 6.45) is 1.67. The fourth-order valence-electron chi connectivity index (χ4n) is 2.41. The van der Waals surface area contributed by atoms with Gasteiger partial charge in [0, 0.05) is 15.6 Å². The Kier molecular flexibility index (Phi) is 5.56. The maximum Gasteiger partial charge on any atom is 0.147 e. The molecule has 1 N–H and O–H groups in total. The van der Waals surface area contributed by atoms with Gasteiger partial charge in [0.1, 0.15) is 17.3 Å². The molecule has 4 nitrogen and oxygen atoms in total. The van der Waals surface area contributed by atoms with Gasteiger partial charge in [-0.3, -0.25) is 0 Å². The van der Waals surface area contributed by atoms with Gasteiger partial charge in [-0.15, -0.1) is 0 Å². The maximum absolute atomic E-state index is 5.83. The predicted molar refractivity (Wildman–Crippen MR) is 104 cm³/mol. The lowest BCUT2D eigenvalue weighted by molar-refractivity contribution is 0.408. The number of methoxy groups -OCH3 is 1. The molecule has 1 aromatic heterocycles. The number of hydrogen-bond acceptors (Lipinski definition) is 4. The van der Waals surface area contributed by atoms with Gasteiger partial charge >= 0.3 is 0 Å². The summed E-state index contributed by atoms with van der Waals surface area (Å²) in [4.78, 5) is 0. The number of hydrogen-bond donors (Lipinski definition) is 1. The van der Waals surface area contributed by atoms with Crippen molar-refractivity contribution in [3.8, 4) is 17.1 Å². The Bertz CT molecular complexity index is 887. The average Bonchev–Trinajstić information content (AvgIpc) is 3.10. The van der Waals surface area contributed by atoms with Crippen LogP contribution in [0, 0.1) is 6.92 Å². The predicted octanol–water partition coefficient (Wildman–Crippen LogP) is 5.15. The SMILES string of the molecule is COc1ccccc1CN/N=C\c1ccc(-c2ccc(C)c(Br)c2)o1. The number of nitrogens with zero attached hydrogens (tertiary/aromatic N) is 1. The second-order valence-electron chi connectivity index (χ2n) is 5.57. The molecule has 2 aromatic carbocycles. The molecule has 0 saturated heterocycles.